The highest BCUT2D eigenvalue weighted by Gasteiger charge is 2.25. The fraction of sp³-hybridized carbons (Fsp3) is 1.00. The lowest BCUT2D eigenvalue weighted by atomic mass is 9.91. The molecule has 3 nitrogen and oxygen atoms in total. The Balaban J connectivity index is 2.03. The van der Waals surface area contributed by atoms with Crippen molar-refractivity contribution in [3.05, 3.63) is 0 Å². The van der Waals surface area contributed by atoms with Crippen LogP contribution in [-0.2, 0) is 9.47 Å². The molecule has 1 saturated heterocycles. The first-order valence-electron chi connectivity index (χ1n) is 6.57. The van der Waals surface area contributed by atoms with Gasteiger partial charge in [0.15, 0.2) is 0 Å². The van der Waals surface area contributed by atoms with Crippen LogP contribution in [0.2, 0.25) is 0 Å². The van der Waals surface area contributed by atoms with Crippen LogP contribution in [0.1, 0.15) is 26.7 Å². The first-order chi connectivity index (χ1) is 7.77. The Morgan fingerprint density at radius 2 is 2.12 bits per heavy atom. The fourth-order valence-corrected chi connectivity index (χ4v) is 2.30. The summed E-state index contributed by atoms with van der Waals surface area (Å²) in [5.74, 6) is 1.78. The van der Waals surface area contributed by atoms with Gasteiger partial charge in [-0.25, -0.2) is 0 Å². The fourth-order valence-electron chi connectivity index (χ4n) is 2.30. The first kappa shape index (κ1) is 13.9. The van der Waals surface area contributed by atoms with Gasteiger partial charge < -0.3 is 14.4 Å². The lowest BCUT2D eigenvalue weighted by Crippen LogP contribution is -2.26. The molecular formula is C13H27NO2. The highest BCUT2D eigenvalue weighted by Crippen LogP contribution is 2.25. The summed E-state index contributed by atoms with van der Waals surface area (Å²) in [5, 5.41) is 0. The molecule has 2 atom stereocenters. The van der Waals surface area contributed by atoms with Crippen LogP contribution < -0.4 is 0 Å². The van der Waals surface area contributed by atoms with E-state index in [9.17, 15) is 0 Å². The summed E-state index contributed by atoms with van der Waals surface area (Å²) in [6.07, 6.45) is 2.68. The van der Waals surface area contributed by atoms with E-state index in [1.54, 1.807) is 7.11 Å². The molecule has 1 heterocycles. The maximum absolute atomic E-state index is 5.49. The Hall–Kier alpha value is -0.120. The Labute approximate surface area is 100 Å². The molecule has 0 aromatic rings. The third-order valence-electron chi connectivity index (χ3n) is 3.74. The Morgan fingerprint density at radius 3 is 2.81 bits per heavy atom. The molecule has 0 amide bonds. The summed E-state index contributed by atoms with van der Waals surface area (Å²) < 4.78 is 10.4. The standard InChI is InChI=1S/C13H27NO2/c1-4-12(2)13-5-6-14(11-13)7-8-16-10-9-15-3/h12-13H,4-11H2,1-3H3/t12?,13-/m0/s1. The number of methoxy groups -OCH3 is 1. The molecule has 16 heavy (non-hydrogen) atoms. The Bertz CT molecular complexity index is 175. The van der Waals surface area contributed by atoms with Crippen molar-refractivity contribution >= 4 is 0 Å². The number of rotatable bonds is 8. The zero-order chi connectivity index (χ0) is 11.8. The van der Waals surface area contributed by atoms with Gasteiger partial charge in [0.25, 0.3) is 0 Å². The van der Waals surface area contributed by atoms with E-state index < -0.39 is 0 Å². The van der Waals surface area contributed by atoms with Crippen LogP contribution in [0.5, 0.6) is 0 Å². The van der Waals surface area contributed by atoms with Crippen molar-refractivity contribution in [1.82, 2.24) is 4.90 Å². The second-order valence-electron chi connectivity index (χ2n) is 4.84. The van der Waals surface area contributed by atoms with E-state index in [4.69, 9.17) is 9.47 Å². The SMILES string of the molecule is CCC(C)[C@H]1CCN(CCOCCOC)C1. The van der Waals surface area contributed by atoms with Crippen LogP contribution in [0.3, 0.4) is 0 Å². The molecule has 0 saturated carbocycles. The first-order valence-corrected chi connectivity index (χ1v) is 6.57. The van der Waals surface area contributed by atoms with E-state index in [-0.39, 0.29) is 0 Å². The molecule has 0 aromatic carbocycles. The lowest BCUT2D eigenvalue weighted by molar-refractivity contribution is 0.0596. The van der Waals surface area contributed by atoms with Gasteiger partial charge in [0.05, 0.1) is 19.8 Å². The van der Waals surface area contributed by atoms with E-state index in [0.717, 1.165) is 31.6 Å². The van der Waals surface area contributed by atoms with Crippen LogP contribution in [0.15, 0.2) is 0 Å². The van der Waals surface area contributed by atoms with Crippen molar-refractivity contribution in [2.75, 3.05) is 46.6 Å². The Morgan fingerprint density at radius 1 is 1.31 bits per heavy atom. The molecular weight excluding hydrogens is 202 g/mol. The molecule has 1 aliphatic heterocycles. The van der Waals surface area contributed by atoms with E-state index in [1.807, 2.05) is 0 Å². The van der Waals surface area contributed by atoms with Gasteiger partial charge in [0, 0.05) is 20.2 Å². The van der Waals surface area contributed by atoms with Crippen LogP contribution in [0.4, 0.5) is 0 Å². The van der Waals surface area contributed by atoms with Gasteiger partial charge in [-0.2, -0.15) is 0 Å². The van der Waals surface area contributed by atoms with Crippen molar-refractivity contribution in [2.24, 2.45) is 11.8 Å². The molecule has 0 spiro atoms. The van der Waals surface area contributed by atoms with E-state index in [1.165, 1.54) is 25.9 Å². The van der Waals surface area contributed by atoms with Crippen molar-refractivity contribution in [2.45, 2.75) is 26.7 Å². The van der Waals surface area contributed by atoms with Crippen molar-refractivity contribution in [3.8, 4) is 0 Å². The molecule has 96 valence electrons. The summed E-state index contributed by atoms with van der Waals surface area (Å²) in [4.78, 5) is 2.53. The zero-order valence-corrected chi connectivity index (χ0v) is 11.1. The monoisotopic (exact) mass is 229 g/mol. The average Bonchev–Trinajstić information content (AvgIpc) is 2.76. The summed E-state index contributed by atoms with van der Waals surface area (Å²) in [5.41, 5.74) is 0. The number of nitrogens with zero attached hydrogens (tertiary/aromatic N) is 1. The highest BCUT2D eigenvalue weighted by molar-refractivity contribution is 4.78. The third-order valence-corrected chi connectivity index (χ3v) is 3.74. The largest absolute Gasteiger partial charge is 0.382 e. The van der Waals surface area contributed by atoms with Gasteiger partial charge >= 0.3 is 0 Å². The molecule has 1 unspecified atom stereocenters. The molecule has 0 aromatic heterocycles. The van der Waals surface area contributed by atoms with Gasteiger partial charge in [0.2, 0.25) is 0 Å². The predicted octanol–water partition coefficient (Wildman–Crippen LogP) is 2.02. The smallest absolute Gasteiger partial charge is 0.0700 e. The van der Waals surface area contributed by atoms with Crippen LogP contribution in [-0.4, -0.2) is 51.5 Å². The van der Waals surface area contributed by atoms with Gasteiger partial charge in [0.1, 0.15) is 0 Å². The topological polar surface area (TPSA) is 21.7 Å². The minimum atomic E-state index is 0.704. The lowest BCUT2D eigenvalue weighted by Gasteiger charge is -2.19. The van der Waals surface area contributed by atoms with Gasteiger partial charge in [-0.15, -0.1) is 0 Å². The van der Waals surface area contributed by atoms with Crippen molar-refractivity contribution in [3.63, 3.8) is 0 Å². The molecule has 1 rings (SSSR count). The molecule has 3 heteroatoms. The molecule has 0 radical (unpaired) electrons. The predicted molar refractivity (Wildman–Crippen MR) is 66.7 cm³/mol. The molecule has 1 fully saturated rings. The molecule has 0 N–H and O–H groups in total. The summed E-state index contributed by atoms with van der Waals surface area (Å²) in [6.45, 7) is 10.5. The third kappa shape index (κ3) is 4.81. The van der Waals surface area contributed by atoms with Gasteiger partial charge in [-0.1, -0.05) is 20.3 Å². The minimum absolute atomic E-state index is 0.704. The van der Waals surface area contributed by atoms with Gasteiger partial charge in [-0.3, -0.25) is 0 Å². The van der Waals surface area contributed by atoms with Crippen LogP contribution >= 0.6 is 0 Å². The highest BCUT2D eigenvalue weighted by atomic mass is 16.5. The van der Waals surface area contributed by atoms with E-state index >= 15 is 0 Å². The summed E-state index contributed by atoms with van der Waals surface area (Å²) in [6, 6.07) is 0. The van der Waals surface area contributed by atoms with Crippen molar-refractivity contribution in [1.29, 1.82) is 0 Å². The molecule has 0 bridgehead atoms. The number of likely N-dealkylation sites (tertiary alicyclic amines) is 1. The van der Waals surface area contributed by atoms with Crippen LogP contribution in [0.25, 0.3) is 0 Å². The average molecular weight is 229 g/mol. The maximum atomic E-state index is 5.49. The summed E-state index contributed by atoms with van der Waals surface area (Å²) in [7, 11) is 1.71. The normalized spacial score (nSPS) is 23.8. The summed E-state index contributed by atoms with van der Waals surface area (Å²) >= 11 is 0. The zero-order valence-electron chi connectivity index (χ0n) is 11.1. The second kappa shape index (κ2) is 8.04. The molecule has 1 aliphatic rings. The van der Waals surface area contributed by atoms with Crippen LogP contribution in [0, 0.1) is 11.8 Å². The molecule has 0 aliphatic carbocycles. The Kier molecular flexibility index (Phi) is 7.01. The second-order valence-corrected chi connectivity index (χ2v) is 4.84. The number of ether oxygens (including phenoxy) is 2. The minimum Gasteiger partial charge on any atom is -0.382 e. The number of hydrogen-bond acceptors (Lipinski definition) is 3. The van der Waals surface area contributed by atoms with E-state index in [2.05, 4.69) is 18.7 Å². The maximum Gasteiger partial charge on any atom is 0.0700 e. The van der Waals surface area contributed by atoms with Gasteiger partial charge in [-0.05, 0) is 24.8 Å². The van der Waals surface area contributed by atoms with Crippen molar-refractivity contribution < 1.29 is 9.47 Å². The quantitative estimate of drug-likeness (QED) is 0.594. The number of hydrogen-bond donors (Lipinski definition) is 0. The van der Waals surface area contributed by atoms with E-state index in [0.29, 0.717) is 6.61 Å².